The monoisotopic (exact) mass is 373 g/mol. The van der Waals surface area contributed by atoms with Crippen molar-refractivity contribution in [3.8, 4) is 0 Å². The second kappa shape index (κ2) is 7.07. The Bertz CT molecular complexity index is 693. The fourth-order valence-corrected chi connectivity index (χ4v) is 5.73. The molecule has 1 N–H and O–H groups in total. The summed E-state index contributed by atoms with van der Waals surface area (Å²) in [6.07, 6.45) is 0.808. The summed E-state index contributed by atoms with van der Waals surface area (Å²) in [5, 5.41) is 5.23. The number of thiazole rings is 1. The Morgan fingerprint density at radius 2 is 2.12 bits per heavy atom. The number of hydrogen-bond donors (Lipinski definition) is 1. The highest BCUT2D eigenvalue weighted by Crippen LogP contribution is 2.23. The molecule has 2 aliphatic heterocycles. The predicted octanol–water partition coefficient (Wildman–Crippen LogP) is 1.13. The lowest BCUT2D eigenvalue weighted by Crippen LogP contribution is -2.44. The number of aromatic nitrogens is 1. The zero-order valence-electron chi connectivity index (χ0n) is 13.9. The molecule has 0 bridgehead atoms. The van der Waals surface area contributed by atoms with Crippen LogP contribution in [-0.2, 0) is 25.9 Å². The van der Waals surface area contributed by atoms with Crippen LogP contribution < -0.4 is 5.32 Å². The maximum Gasteiger partial charge on any atom is 0.230 e. The molecule has 0 aromatic carbocycles. The van der Waals surface area contributed by atoms with Gasteiger partial charge in [0.2, 0.25) is 5.91 Å². The number of amides is 1. The van der Waals surface area contributed by atoms with Crippen molar-refractivity contribution in [3.63, 3.8) is 0 Å². The van der Waals surface area contributed by atoms with Crippen LogP contribution in [0.2, 0.25) is 0 Å². The Morgan fingerprint density at radius 3 is 2.75 bits per heavy atom. The molecule has 0 spiro atoms. The number of carbonyl (C=O) groups excluding carboxylic acids is 1. The number of nitrogens with zero attached hydrogens (tertiary/aromatic N) is 2. The van der Waals surface area contributed by atoms with Gasteiger partial charge in [-0.05, 0) is 20.3 Å². The number of sulfone groups is 1. The molecule has 3 atom stereocenters. The lowest BCUT2D eigenvalue weighted by molar-refractivity contribution is -0.119. The van der Waals surface area contributed by atoms with Crippen molar-refractivity contribution in [1.29, 1.82) is 0 Å². The molecule has 2 fully saturated rings. The molecule has 3 rings (SSSR count). The van der Waals surface area contributed by atoms with Crippen molar-refractivity contribution >= 4 is 32.2 Å². The highest BCUT2D eigenvalue weighted by Gasteiger charge is 2.33. The first-order chi connectivity index (χ1) is 11.3. The van der Waals surface area contributed by atoms with Gasteiger partial charge < -0.3 is 10.1 Å². The van der Waals surface area contributed by atoms with Crippen LogP contribution in [0.25, 0.3) is 0 Å². The number of anilines is 1. The normalized spacial score (nSPS) is 30.3. The molecule has 2 aliphatic rings. The Balaban J connectivity index is 1.55. The molecule has 1 aromatic rings. The second-order valence-electron chi connectivity index (χ2n) is 6.68. The van der Waals surface area contributed by atoms with Gasteiger partial charge in [-0.3, -0.25) is 9.69 Å². The molecule has 0 saturated carbocycles. The first-order valence-corrected chi connectivity index (χ1v) is 10.8. The summed E-state index contributed by atoms with van der Waals surface area (Å²) in [6.45, 7) is 6.57. The highest BCUT2D eigenvalue weighted by molar-refractivity contribution is 7.91. The molecule has 3 unspecified atom stereocenters. The Labute approximate surface area is 146 Å². The number of rotatable bonds is 4. The van der Waals surface area contributed by atoms with E-state index < -0.39 is 15.8 Å². The van der Waals surface area contributed by atoms with Crippen LogP contribution in [0, 0.1) is 5.92 Å². The van der Waals surface area contributed by atoms with E-state index in [4.69, 9.17) is 4.74 Å². The van der Waals surface area contributed by atoms with Crippen LogP contribution in [0.1, 0.15) is 26.0 Å². The zero-order chi connectivity index (χ0) is 17.3. The maximum absolute atomic E-state index is 12.2. The number of hydrogen-bond acceptors (Lipinski definition) is 7. The predicted molar refractivity (Wildman–Crippen MR) is 92.8 cm³/mol. The van der Waals surface area contributed by atoms with Gasteiger partial charge in [-0.15, -0.1) is 11.3 Å². The fraction of sp³-hybridized carbons (Fsp3) is 0.733. The number of nitrogens with one attached hydrogen (secondary N) is 1. The molecular weight excluding hydrogens is 350 g/mol. The van der Waals surface area contributed by atoms with Crippen LogP contribution in [0.5, 0.6) is 0 Å². The minimum atomic E-state index is -3.05. The third kappa shape index (κ3) is 4.53. The minimum absolute atomic E-state index is 0.0549. The Kier molecular flexibility index (Phi) is 5.24. The van der Waals surface area contributed by atoms with E-state index in [-0.39, 0.29) is 29.6 Å². The Hall–Kier alpha value is -1.03. The second-order valence-corrected chi connectivity index (χ2v) is 9.77. The van der Waals surface area contributed by atoms with Crippen molar-refractivity contribution < 1.29 is 17.9 Å². The number of carbonyl (C=O) groups is 1. The van der Waals surface area contributed by atoms with Crippen molar-refractivity contribution in [3.05, 3.63) is 11.1 Å². The summed E-state index contributed by atoms with van der Waals surface area (Å²) in [6, 6.07) is 0. The summed E-state index contributed by atoms with van der Waals surface area (Å²) in [7, 11) is -3.05. The molecule has 7 nitrogen and oxygen atoms in total. The van der Waals surface area contributed by atoms with E-state index in [1.54, 1.807) is 0 Å². The summed E-state index contributed by atoms with van der Waals surface area (Å²) in [5.74, 6) is -0.656. The quantitative estimate of drug-likeness (QED) is 0.851. The molecule has 1 amide bonds. The van der Waals surface area contributed by atoms with Crippen LogP contribution in [0.3, 0.4) is 0 Å². The summed E-state index contributed by atoms with van der Waals surface area (Å²) in [5.41, 5.74) is 0.913. The van der Waals surface area contributed by atoms with E-state index in [9.17, 15) is 13.2 Å². The zero-order valence-corrected chi connectivity index (χ0v) is 15.5. The van der Waals surface area contributed by atoms with Gasteiger partial charge in [0.05, 0.1) is 35.3 Å². The third-order valence-electron chi connectivity index (χ3n) is 4.27. The van der Waals surface area contributed by atoms with Crippen LogP contribution in [0.4, 0.5) is 5.13 Å². The SMILES string of the molecule is CC1CN(Cc2csc(NC(=O)C3CCS(=O)(=O)C3)n2)CC(C)O1. The van der Waals surface area contributed by atoms with E-state index in [0.717, 1.165) is 25.3 Å². The summed E-state index contributed by atoms with van der Waals surface area (Å²) < 4.78 is 28.7. The first-order valence-electron chi connectivity index (χ1n) is 8.14. The van der Waals surface area contributed by atoms with Crippen molar-refractivity contribution in [2.45, 2.75) is 39.0 Å². The molecular formula is C15H23N3O4S2. The van der Waals surface area contributed by atoms with Crippen LogP contribution >= 0.6 is 11.3 Å². The highest BCUT2D eigenvalue weighted by atomic mass is 32.2. The van der Waals surface area contributed by atoms with E-state index in [0.29, 0.717) is 11.6 Å². The van der Waals surface area contributed by atoms with Gasteiger partial charge in [-0.25, -0.2) is 13.4 Å². The molecule has 9 heteroatoms. The van der Waals surface area contributed by atoms with E-state index in [1.807, 2.05) is 5.38 Å². The lowest BCUT2D eigenvalue weighted by atomic mass is 10.1. The first kappa shape index (κ1) is 17.8. The average Bonchev–Trinajstić information content (AvgIpc) is 3.04. The minimum Gasteiger partial charge on any atom is -0.373 e. The van der Waals surface area contributed by atoms with Crippen LogP contribution in [-0.4, -0.2) is 61.0 Å². The van der Waals surface area contributed by atoms with Crippen molar-refractivity contribution in [2.24, 2.45) is 5.92 Å². The van der Waals surface area contributed by atoms with Crippen LogP contribution in [0.15, 0.2) is 5.38 Å². The third-order valence-corrected chi connectivity index (χ3v) is 6.84. The topological polar surface area (TPSA) is 88.6 Å². The van der Waals surface area contributed by atoms with Gasteiger partial charge in [0.15, 0.2) is 15.0 Å². The summed E-state index contributed by atoms with van der Waals surface area (Å²) in [4.78, 5) is 18.9. The van der Waals surface area contributed by atoms with Gasteiger partial charge >= 0.3 is 0 Å². The fourth-order valence-electron chi connectivity index (χ4n) is 3.29. The number of ether oxygens (including phenoxy) is 1. The summed E-state index contributed by atoms with van der Waals surface area (Å²) >= 11 is 1.38. The van der Waals surface area contributed by atoms with Crippen molar-refractivity contribution in [2.75, 3.05) is 29.9 Å². The smallest absolute Gasteiger partial charge is 0.230 e. The number of morpholine rings is 1. The van der Waals surface area contributed by atoms with E-state index in [1.165, 1.54) is 11.3 Å². The largest absolute Gasteiger partial charge is 0.373 e. The van der Waals surface area contributed by atoms with Gasteiger partial charge in [0.1, 0.15) is 0 Å². The molecule has 0 aliphatic carbocycles. The van der Waals surface area contributed by atoms with Gasteiger partial charge in [0, 0.05) is 25.0 Å². The maximum atomic E-state index is 12.2. The molecule has 134 valence electrons. The van der Waals surface area contributed by atoms with Gasteiger partial charge in [0.25, 0.3) is 0 Å². The van der Waals surface area contributed by atoms with E-state index in [2.05, 4.69) is 29.0 Å². The molecule has 0 radical (unpaired) electrons. The standard InChI is InChI=1S/C15H23N3O4S2/c1-10-5-18(6-11(2)22-10)7-13-8-23-15(16-13)17-14(19)12-3-4-24(20,21)9-12/h8,10-12H,3-7,9H2,1-2H3,(H,16,17,19). The molecule has 1 aromatic heterocycles. The van der Waals surface area contributed by atoms with Gasteiger partial charge in [-0.2, -0.15) is 0 Å². The molecule has 2 saturated heterocycles. The van der Waals surface area contributed by atoms with E-state index >= 15 is 0 Å². The van der Waals surface area contributed by atoms with Crippen molar-refractivity contribution in [1.82, 2.24) is 9.88 Å². The molecule has 3 heterocycles. The lowest BCUT2D eigenvalue weighted by Gasteiger charge is -2.34. The average molecular weight is 374 g/mol. The molecule has 24 heavy (non-hydrogen) atoms. The van der Waals surface area contributed by atoms with Gasteiger partial charge in [-0.1, -0.05) is 0 Å². The Morgan fingerprint density at radius 1 is 1.42 bits per heavy atom.